The smallest absolute Gasteiger partial charge is 0.153 e. The first-order chi connectivity index (χ1) is 10.8. The average Bonchev–Trinajstić information content (AvgIpc) is 3.12. The summed E-state index contributed by atoms with van der Waals surface area (Å²) >= 11 is 0. The van der Waals surface area contributed by atoms with E-state index in [1.165, 1.54) is 17.7 Å². The highest BCUT2D eigenvalue weighted by molar-refractivity contribution is 5.33. The van der Waals surface area contributed by atoms with Crippen molar-refractivity contribution in [3.8, 4) is 11.8 Å². The SMILES string of the molecule is O[C@](C#CC[NH+]1CCOCC1)(c1ccccc1)C1CCCC1. The van der Waals surface area contributed by atoms with Crippen LogP contribution in [-0.2, 0) is 10.3 Å². The molecule has 3 rings (SSSR count). The van der Waals surface area contributed by atoms with Crippen molar-refractivity contribution < 1.29 is 14.7 Å². The Hall–Kier alpha value is -1.34. The van der Waals surface area contributed by atoms with Crippen molar-refractivity contribution in [2.24, 2.45) is 5.92 Å². The van der Waals surface area contributed by atoms with Gasteiger partial charge in [-0.15, -0.1) is 0 Å². The second-order valence-electron chi connectivity index (χ2n) is 6.45. The van der Waals surface area contributed by atoms with Crippen molar-refractivity contribution in [3.05, 3.63) is 35.9 Å². The molecule has 0 spiro atoms. The molecule has 1 saturated carbocycles. The van der Waals surface area contributed by atoms with Gasteiger partial charge in [0.2, 0.25) is 0 Å². The lowest BCUT2D eigenvalue weighted by atomic mass is 9.80. The van der Waals surface area contributed by atoms with E-state index in [-0.39, 0.29) is 5.92 Å². The molecule has 0 unspecified atom stereocenters. The molecule has 0 amide bonds. The van der Waals surface area contributed by atoms with Gasteiger partial charge in [0.05, 0.1) is 13.2 Å². The van der Waals surface area contributed by atoms with Gasteiger partial charge in [0.25, 0.3) is 0 Å². The minimum atomic E-state index is -0.983. The molecule has 0 aromatic heterocycles. The molecular weight excluding hydrogens is 274 g/mol. The highest BCUT2D eigenvalue weighted by Crippen LogP contribution is 2.40. The van der Waals surface area contributed by atoms with Crippen LogP contribution in [0.3, 0.4) is 0 Å². The van der Waals surface area contributed by atoms with Crippen LogP contribution in [-0.4, -0.2) is 38.0 Å². The first-order valence-corrected chi connectivity index (χ1v) is 8.48. The molecule has 3 heteroatoms. The molecule has 1 aromatic carbocycles. The summed E-state index contributed by atoms with van der Waals surface area (Å²) in [6, 6.07) is 9.99. The van der Waals surface area contributed by atoms with E-state index in [0.717, 1.165) is 51.3 Å². The van der Waals surface area contributed by atoms with Gasteiger partial charge in [-0.25, -0.2) is 0 Å². The Morgan fingerprint density at radius 3 is 2.50 bits per heavy atom. The summed E-state index contributed by atoms with van der Waals surface area (Å²) in [4.78, 5) is 1.46. The van der Waals surface area contributed by atoms with Gasteiger partial charge in [0, 0.05) is 5.92 Å². The fourth-order valence-electron chi connectivity index (χ4n) is 3.59. The minimum Gasteiger partial charge on any atom is -0.373 e. The van der Waals surface area contributed by atoms with E-state index in [4.69, 9.17) is 4.74 Å². The van der Waals surface area contributed by atoms with Crippen LogP contribution < -0.4 is 4.90 Å². The number of aliphatic hydroxyl groups is 1. The Balaban J connectivity index is 1.77. The van der Waals surface area contributed by atoms with E-state index in [2.05, 4.69) is 11.8 Å². The third kappa shape index (κ3) is 3.52. The van der Waals surface area contributed by atoms with Crippen LogP contribution in [0.4, 0.5) is 0 Å². The Bertz CT molecular complexity index is 521. The molecule has 1 atom stereocenters. The van der Waals surface area contributed by atoms with E-state index in [1.54, 1.807) is 0 Å². The van der Waals surface area contributed by atoms with E-state index in [9.17, 15) is 5.11 Å². The summed E-state index contributed by atoms with van der Waals surface area (Å²) in [5.74, 6) is 6.79. The van der Waals surface area contributed by atoms with Crippen molar-refractivity contribution in [1.82, 2.24) is 0 Å². The zero-order chi connectivity index (χ0) is 15.3. The first-order valence-electron chi connectivity index (χ1n) is 8.48. The number of nitrogens with one attached hydrogen (secondary N) is 1. The van der Waals surface area contributed by atoms with Crippen LogP contribution in [0.25, 0.3) is 0 Å². The fraction of sp³-hybridized carbons (Fsp3) is 0.579. The summed E-state index contributed by atoms with van der Waals surface area (Å²) in [5, 5.41) is 11.3. The molecule has 2 N–H and O–H groups in total. The predicted molar refractivity (Wildman–Crippen MR) is 86.5 cm³/mol. The van der Waals surface area contributed by atoms with Gasteiger partial charge < -0.3 is 14.7 Å². The van der Waals surface area contributed by atoms with E-state index < -0.39 is 5.60 Å². The lowest BCUT2D eigenvalue weighted by Crippen LogP contribution is -3.14. The summed E-state index contributed by atoms with van der Waals surface area (Å²) in [6.07, 6.45) is 4.56. The Morgan fingerprint density at radius 1 is 1.14 bits per heavy atom. The number of benzene rings is 1. The molecule has 22 heavy (non-hydrogen) atoms. The summed E-state index contributed by atoms with van der Waals surface area (Å²) < 4.78 is 5.38. The van der Waals surface area contributed by atoms with Gasteiger partial charge in [0.15, 0.2) is 5.60 Å². The topological polar surface area (TPSA) is 33.9 Å². The standard InChI is InChI=1S/C19H25NO2/c21-19(18-9-4-5-10-18,17-7-2-1-3-8-17)11-6-12-20-13-15-22-16-14-20/h1-3,7-8,18,21H,4-5,9-10,12-16H2/p+1/t19-/m1/s1. The number of hydrogen-bond donors (Lipinski definition) is 2. The highest BCUT2D eigenvalue weighted by atomic mass is 16.5. The number of morpholine rings is 1. The van der Waals surface area contributed by atoms with Crippen LogP contribution in [0.5, 0.6) is 0 Å². The Labute approximate surface area is 133 Å². The number of quaternary nitrogens is 1. The molecule has 2 aliphatic rings. The van der Waals surface area contributed by atoms with E-state index in [0.29, 0.717) is 0 Å². The molecule has 1 saturated heterocycles. The van der Waals surface area contributed by atoms with Crippen molar-refractivity contribution >= 4 is 0 Å². The first kappa shape index (κ1) is 15.6. The molecule has 0 radical (unpaired) electrons. The van der Waals surface area contributed by atoms with Crippen molar-refractivity contribution in [1.29, 1.82) is 0 Å². The van der Waals surface area contributed by atoms with Gasteiger partial charge in [-0.05, 0) is 24.3 Å². The summed E-state index contributed by atoms with van der Waals surface area (Å²) in [5.41, 5.74) is -0.0323. The zero-order valence-electron chi connectivity index (χ0n) is 13.2. The molecule has 1 aromatic rings. The molecular formula is C19H26NO2+. The number of rotatable bonds is 3. The maximum absolute atomic E-state index is 11.3. The van der Waals surface area contributed by atoms with E-state index in [1.807, 2.05) is 30.3 Å². The maximum atomic E-state index is 11.3. The van der Waals surface area contributed by atoms with Gasteiger partial charge in [0.1, 0.15) is 19.6 Å². The average molecular weight is 300 g/mol. The predicted octanol–water partition coefficient (Wildman–Crippen LogP) is 0.983. The quantitative estimate of drug-likeness (QED) is 0.816. The van der Waals surface area contributed by atoms with Gasteiger partial charge in [-0.3, -0.25) is 0 Å². The third-order valence-corrected chi connectivity index (χ3v) is 4.98. The summed E-state index contributed by atoms with van der Waals surface area (Å²) in [6.45, 7) is 4.47. The van der Waals surface area contributed by atoms with Crippen LogP contribution >= 0.6 is 0 Å². The van der Waals surface area contributed by atoms with Crippen LogP contribution in [0.15, 0.2) is 30.3 Å². The van der Waals surface area contributed by atoms with Crippen molar-refractivity contribution in [3.63, 3.8) is 0 Å². The molecule has 1 aliphatic heterocycles. The lowest BCUT2D eigenvalue weighted by molar-refractivity contribution is -0.900. The van der Waals surface area contributed by atoms with Crippen LogP contribution in [0, 0.1) is 17.8 Å². The monoisotopic (exact) mass is 300 g/mol. The second kappa shape index (κ2) is 7.28. The number of hydrogen-bond acceptors (Lipinski definition) is 2. The molecule has 118 valence electrons. The van der Waals surface area contributed by atoms with E-state index >= 15 is 0 Å². The molecule has 1 heterocycles. The third-order valence-electron chi connectivity index (χ3n) is 4.98. The van der Waals surface area contributed by atoms with Crippen molar-refractivity contribution in [2.75, 3.05) is 32.8 Å². The Morgan fingerprint density at radius 2 is 1.82 bits per heavy atom. The van der Waals surface area contributed by atoms with Crippen LogP contribution in [0.1, 0.15) is 31.2 Å². The fourth-order valence-corrected chi connectivity index (χ4v) is 3.59. The molecule has 2 fully saturated rings. The molecule has 0 bridgehead atoms. The molecule has 3 nitrogen and oxygen atoms in total. The van der Waals surface area contributed by atoms with Gasteiger partial charge >= 0.3 is 0 Å². The van der Waals surface area contributed by atoms with Gasteiger partial charge in [-0.2, -0.15) is 0 Å². The number of ether oxygens (including phenoxy) is 1. The second-order valence-corrected chi connectivity index (χ2v) is 6.45. The zero-order valence-corrected chi connectivity index (χ0v) is 13.2. The molecule has 1 aliphatic carbocycles. The Kier molecular flexibility index (Phi) is 5.15. The highest BCUT2D eigenvalue weighted by Gasteiger charge is 2.38. The normalized spacial score (nSPS) is 22.8. The van der Waals surface area contributed by atoms with Crippen LogP contribution in [0.2, 0.25) is 0 Å². The maximum Gasteiger partial charge on any atom is 0.153 e. The summed E-state index contributed by atoms with van der Waals surface area (Å²) in [7, 11) is 0. The lowest BCUT2D eigenvalue weighted by Gasteiger charge is -2.29. The van der Waals surface area contributed by atoms with Crippen molar-refractivity contribution in [2.45, 2.75) is 31.3 Å². The minimum absolute atomic E-state index is 0.266. The largest absolute Gasteiger partial charge is 0.373 e. The van der Waals surface area contributed by atoms with Gasteiger partial charge in [-0.1, -0.05) is 49.1 Å².